The van der Waals surface area contributed by atoms with Gasteiger partial charge in [-0.05, 0) is 25.2 Å². The fraction of sp³-hybridized carbons (Fsp3) is 0.526. The summed E-state index contributed by atoms with van der Waals surface area (Å²) >= 11 is 0. The average molecular weight is 374 g/mol. The first-order chi connectivity index (χ1) is 12.0. The largest absolute Gasteiger partial charge is 0.460 e. The lowest BCUT2D eigenvalue weighted by atomic mass is 10.1. The van der Waals surface area contributed by atoms with Crippen LogP contribution in [0.3, 0.4) is 0 Å². The van der Waals surface area contributed by atoms with Gasteiger partial charge >= 0.3 is 5.97 Å². The minimum absolute atomic E-state index is 0.0488. The molecule has 0 heterocycles. The van der Waals surface area contributed by atoms with Crippen LogP contribution in [0.15, 0.2) is 11.6 Å². The maximum atomic E-state index is 14.1. The van der Waals surface area contributed by atoms with Crippen molar-refractivity contribution in [2.24, 2.45) is 17.3 Å². The highest BCUT2D eigenvalue weighted by Gasteiger charge is 2.61. The van der Waals surface area contributed by atoms with Crippen molar-refractivity contribution in [3.05, 3.63) is 46.0 Å². The zero-order valence-electron chi connectivity index (χ0n) is 15.4. The molecule has 1 aromatic carbocycles. The summed E-state index contributed by atoms with van der Waals surface area (Å²) in [4.78, 5) is 12.2. The van der Waals surface area contributed by atoms with Crippen molar-refractivity contribution in [3.63, 3.8) is 0 Å². The molecule has 0 aliphatic heterocycles. The number of rotatable bonds is 6. The Morgan fingerprint density at radius 2 is 1.46 bits per heavy atom. The van der Waals surface area contributed by atoms with E-state index < -0.39 is 59.5 Å². The highest BCUT2D eigenvalue weighted by Crippen LogP contribution is 2.59. The maximum Gasteiger partial charge on any atom is 0.310 e. The fourth-order valence-corrected chi connectivity index (χ4v) is 3.15. The normalized spacial score (nSPS) is 20.7. The highest BCUT2D eigenvalue weighted by atomic mass is 19.2. The predicted molar refractivity (Wildman–Crippen MR) is 87.0 cm³/mol. The van der Waals surface area contributed by atoms with E-state index in [1.165, 1.54) is 0 Å². The van der Waals surface area contributed by atoms with Crippen LogP contribution >= 0.6 is 0 Å². The molecule has 0 unspecified atom stereocenters. The molecule has 1 aliphatic rings. The van der Waals surface area contributed by atoms with Gasteiger partial charge in [-0.2, -0.15) is 0 Å². The summed E-state index contributed by atoms with van der Waals surface area (Å²) in [5.74, 6) is -7.44. The maximum absolute atomic E-state index is 14.1. The van der Waals surface area contributed by atoms with Crippen molar-refractivity contribution in [1.82, 2.24) is 0 Å². The predicted octanol–water partition coefficient (Wildman–Crippen LogP) is 4.67. The Kier molecular flexibility index (Phi) is 5.80. The van der Waals surface area contributed by atoms with Crippen LogP contribution in [0.1, 0.15) is 38.8 Å². The summed E-state index contributed by atoms with van der Waals surface area (Å²) in [5.41, 5.74) is -1.10. The summed E-state index contributed by atoms with van der Waals surface area (Å²) < 4.78 is 65.4. The molecule has 0 aromatic heterocycles. The summed E-state index contributed by atoms with van der Waals surface area (Å²) in [5, 5.41) is 0. The molecule has 0 saturated heterocycles. The molecule has 3 nitrogen and oxygen atoms in total. The van der Waals surface area contributed by atoms with Crippen molar-refractivity contribution in [2.45, 2.75) is 40.9 Å². The van der Waals surface area contributed by atoms with E-state index in [1.807, 2.05) is 33.8 Å². The molecule has 0 radical (unpaired) electrons. The number of esters is 1. The van der Waals surface area contributed by atoms with E-state index in [4.69, 9.17) is 4.74 Å². The second-order valence-corrected chi connectivity index (χ2v) is 7.32. The summed E-state index contributed by atoms with van der Waals surface area (Å²) in [6.07, 6.45) is 1.94. The Morgan fingerprint density at radius 1 is 1.00 bits per heavy atom. The van der Waals surface area contributed by atoms with Crippen molar-refractivity contribution in [3.8, 4) is 0 Å². The molecule has 2 rings (SSSR count). The lowest BCUT2D eigenvalue weighted by Gasteiger charge is -2.12. The van der Waals surface area contributed by atoms with E-state index >= 15 is 0 Å². The number of ether oxygens (including phenoxy) is 2. The third kappa shape index (κ3) is 3.63. The van der Waals surface area contributed by atoms with Crippen molar-refractivity contribution in [2.75, 3.05) is 7.11 Å². The zero-order valence-corrected chi connectivity index (χ0v) is 15.4. The number of carbonyl (C=O) groups is 1. The Balaban J connectivity index is 2.18. The van der Waals surface area contributed by atoms with E-state index in [9.17, 15) is 22.4 Å². The van der Waals surface area contributed by atoms with Gasteiger partial charge in [-0.25, -0.2) is 17.6 Å². The monoisotopic (exact) mass is 374 g/mol. The van der Waals surface area contributed by atoms with Gasteiger partial charge in [-0.3, -0.25) is 4.79 Å². The first-order valence-corrected chi connectivity index (χ1v) is 8.18. The smallest absolute Gasteiger partial charge is 0.310 e. The molecule has 0 amide bonds. The zero-order chi connectivity index (χ0) is 19.8. The third-order valence-corrected chi connectivity index (χ3v) is 4.77. The molecule has 2 atom stereocenters. The molecule has 7 heteroatoms. The molecule has 0 spiro atoms. The number of benzene rings is 1. The van der Waals surface area contributed by atoms with Crippen LogP contribution in [-0.2, 0) is 27.5 Å². The van der Waals surface area contributed by atoms with Crippen LogP contribution in [0, 0.1) is 40.5 Å². The quantitative estimate of drug-likeness (QED) is 0.314. The van der Waals surface area contributed by atoms with Gasteiger partial charge in [0, 0.05) is 7.11 Å². The minimum atomic E-state index is -1.58. The summed E-state index contributed by atoms with van der Waals surface area (Å²) in [6.45, 7) is 6.05. The summed E-state index contributed by atoms with van der Waals surface area (Å²) in [7, 11) is 1.14. The third-order valence-electron chi connectivity index (χ3n) is 4.77. The number of hydrogen-bond donors (Lipinski definition) is 0. The minimum Gasteiger partial charge on any atom is -0.460 e. The molecular weight excluding hydrogens is 352 g/mol. The first kappa shape index (κ1) is 20.4. The first-order valence-electron chi connectivity index (χ1n) is 8.18. The standard InChI is InChI=1S/C19H22F4O3/c1-9(2)6-12-13(19(12,3)4)18(24)26-8-11-16(22)14(20)10(7-25-5)15(21)17(11)23/h6,12-13H,7-8H2,1-5H3/t12-,13-/m1/s1. The molecular formula is C19H22F4O3. The van der Waals surface area contributed by atoms with Crippen LogP contribution in [-0.4, -0.2) is 13.1 Å². The van der Waals surface area contributed by atoms with Gasteiger partial charge in [0.1, 0.15) is 6.61 Å². The molecule has 0 bridgehead atoms. The van der Waals surface area contributed by atoms with E-state index in [1.54, 1.807) is 0 Å². The molecule has 144 valence electrons. The number of methoxy groups -OCH3 is 1. The highest BCUT2D eigenvalue weighted by molar-refractivity contribution is 5.78. The SMILES string of the molecule is COCc1c(F)c(F)c(COC(=O)[C@H]2[C@@H](C=C(C)C)C2(C)C)c(F)c1F. The Bertz CT molecular complexity index is 723. The Hall–Kier alpha value is -1.89. The number of hydrogen-bond acceptors (Lipinski definition) is 3. The number of allylic oxidation sites excluding steroid dienone is 2. The second-order valence-electron chi connectivity index (χ2n) is 7.32. The topological polar surface area (TPSA) is 35.5 Å². The van der Waals surface area contributed by atoms with Crippen LogP contribution in [0.2, 0.25) is 0 Å². The van der Waals surface area contributed by atoms with E-state index in [0.29, 0.717) is 0 Å². The summed E-state index contributed by atoms with van der Waals surface area (Å²) in [6, 6.07) is 0. The van der Waals surface area contributed by atoms with Gasteiger partial charge in [0.25, 0.3) is 0 Å². The second kappa shape index (κ2) is 7.39. The van der Waals surface area contributed by atoms with Crippen molar-refractivity contribution < 1.29 is 31.8 Å². The van der Waals surface area contributed by atoms with Gasteiger partial charge in [0.05, 0.1) is 23.7 Å². The lowest BCUT2D eigenvalue weighted by Crippen LogP contribution is -2.15. The molecule has 0 N–H and O–H groups in total. The Morgan fingerprint density at radius 3 is 1.88 bits per heavy atom. The lowest BCUT2D eigenvalue weighted by molar-refractivity contribution is -0.147. The van der Waals surface area contributed by atoms with Gasteiger partial charge in [-0.1, -0.05) is 25.5 Å². The van der Waals surface area contributed by atoms with Crippen LogP contribution < -0.4 is 0 Å². The van der Waals surface area contributed by atoms with Crippen LogP contribution in [0.5, 0.6) is 0 Å². The number of halogens is 4. The van der Waals surface area contributed by atoms with Crippen LogP contribution in [0.25, 0.3) is 0 Å². The van der Waals surface area contributed by atoms with Gasteiger partial charge in [0.2, 0.25) is 0 Å². The van der Waals surface area contributed by atoms with Gasteiger partial charge in [-0.15, -0.1) is 0 Å². The van der Waals surface area contributed by atoms with E-state index in [0.717, 1.165) is 12.7 Å². The van der Waals surface area contributed by atoms with Gasteiger partial charge in [0.15, 0.2) is 23.3 Å². The average Bonchev–Trinajstić information content (AvgIpc) is 3.09. The molecule has 1 aliphatic carbocycles. The van der Waals surface area contributed by atoms with E-state index in [-0.39, 0.29) is 11.3 Å². The van der Waals surface area contributed by atoms with Crippen LogP contribution in [0.4, 0.5) is 17.6 Å². The molecule has 1 fully saturated rings. The Labute approximate surface area is 150 Å². The molecule has 1 saturated carbocycles. The van der Waals surface area contributed by atoms with E-state index in [2.05, 4.69) is 4.74 Å². The number of carbonyl (C=O) groups excluding carboxylic acids is 1. The van der Waals surface area contributed by atoms with Crippen molar-refractivity contribution in [1.29, 1.82) is 0 Å². The fourth-order valence-electron chi connectivity index (χ4n) is 3.15. The van der Waals surface area contributed by atoms with Gasteiger partial charge < -0.3 is 9.47 Å². The molecule has 26 heavy (non-hydrogen) atoms. The molecule has 1 aromatic rings. The van der Waals surface area contributed by atoms with Crippen molar-refractivity contribution >= 4 is 5.97 Å².